The van der Waals surface area contributed by atoms with E-state index < -0.39 is 0 Å². The van der Waals surface area contributed by atoms with Gasteiger partial charge in [-0.1, -0.05) is 48.5 Å². The molecular formula is C20H22N2O2. The van der Waals surface area contributed by atoms with E-state index >= 15 is 0 Å². The van der Waals surface area contributed by atoms with Crippen LogP contribution in [0.2, 0.25) is 0 Å². The lowest BCUT2D eigenvalue weighted by Crippen LogP contribution is -2.51. The van der Waals surface area contributed by atoms with E-state index in [0.717, 1.165) is 16.7 Å². The first-order valence-electron chi connectivity index (χ1n) is 8.25. The molecule has 1 aliphatic heterocycles. The van der Waals surface area contributed by atoms with E-state index in [1.165, 1.54) is 0 Å². The minimum Gasteiger partial charge on any atom is -0.334 e. The number of carbonyl (C=O) groups is 2. The summed E-state index contributed by atoms with van der Waals surface area (Å²) < 4.78 is 0. The number of nitrogens with zero attached hydrogens (tertiary/aromatic N) is 2. The molecule has 1 heterocycles. The molecular weight excluding hydrogens is 300 g/mol. The van der Waals surface area contributed by atoms with E-state index in [1.807, 2.05) is 71.3 Å². The lowest BCUT2D eigenvalue weighted by Gasteiger charge is -2.41. The van der Waals surface area contributed by atoms with E-state index in [4.69, 9.17) is 0 Å². The van der Waals surface area contributed by atoms with Crippen LogP contribution in [0.3, 0.4) is 0 Å². The molecule has 4 heteroatoms. The van der Waals surface area contributed by atoms with Crippen LogP contribution in [-0.4, -0.2) is 41.2 Å². The Morgan fingerprint density at radius 1 is 0.958 bits per heavy atom. The first-order chi connectivity index (χ1) is 11.6. The van der Waals surface area contributed by atoms with Gasteiger partial charge in [-0.05, 0) is 24.1 Å². The Kier molecular flexibility index (Phi) is 4.65. The van der Waals surface area contributed by atoms with Gasteiger partial charge in [0.25, 0.3) is 5.91 Å². The molecule has 1 saturated heterocycles. The normalized spacial score (nSPS) is 17.7. The fourth-order valence-electron chi connectivity index (χ4n) is 3.29. The zero-order chi connectivity index (χ0) is 17.1. The molecule has 1 fully saturated rings. The highest BCUT2D eigenvalue weighted by Crippen LogP contribution is 2.26. The second-order valence-electron chi connectivity index (χ2n) is 6.20. The first-order valence-corrected chi connectivity index (χ1v) is 8.25. The average molecular weight is 322 g/mol. The minimum absolute atomic E-state index is 0.0391. The predicted molar refractivity (Wildman–Crippen MR) is 93.7 cm³/mol. The topological polar surface area (TPSA) is 40.6 Å². The SMILES string of the molecule is CC(=O)N1CCN(C(=O)c2ccccc2C)C[C@@H]1c1ccccc1. The third-order valence-corrected chi connectivity index (χ3v) is 4.63. The van der Waals surface area contributed by atoms with E-state index in [-0.39, 0.29) is 17.9 Å². The van der Waals surface area contributed by atoms with Gasteiger partial charge < -0.3 is 9.80 Å². The third kappa shape index (κ3) is 3.18. The van der Waals surface area contributed by atoms with Gasteiger partial charge in [0.05, 0.1) is 6.04 Å². The second kappa shape index (κ2) is 6.87. The lowest BCUT2D eigenvalue weighted by atomic mass is 10.0. The highest BCUT2D eigenvalue weighted by molar-refractivity contribution is 5.95. The summed E-state index contributed by atoms with van der Waals surface area (Å²) in [6.45, 7) is 5.20. The van der Waals surface area contributed by atoms with Crippen LogP contribution in [-0.2, 0) is 4.79 Å². The Hall–Kier alpha value is -2.62. The maximum absolute atomic E-state index is 12.9. The Morgan fingerprint density at radius 2 is 1.62 bits per heavy atom. The summed E-state index contributed by atoms with van der Waals surface area (Å²) in [4.78, 5) is 28.6. The van der Waals surface area contributed by atoms with Crippen molar-refractivity contribution in [2.75, 3.05) is 19.6 Å². The number of hydrogen-bond donors (Lipinski definition) is 0. The number of carbonyl (C=O) groups excluding carboxylic acids is 2. The first kappa shape index (κ1) is 16.2. The van der Waals surface area contributed by atoms with Crippen LogP contribution in [0.25, 0.3) is 0 Å². The van der Waals surface area contributed by atoms with Gasteiger partial charge in [0.15, 0.2) is 0 Å². The fourth-order valence-corrected chi connectivity index (χ4v) is 3.29. The lowest BCUT2D eigenvalue weighted by molar-refractivity contribution is -0.133. The van der Waals surface area contributed by atoms with Crippen LogP contribution in [0.15, 0.2) is 54.6 Å². The molecule has 0 unspecified atom stereocenters. The van der Waals surface area contributed by atoms with Gasteiger partial charge in [-0.15, -0.1) is 0 Å². The molecule has 0 aliphatic carbocycles. The molecule has 1 aliphatic rings. The Bertz CT molecular complexity index is 742. The molecule has 2 aromatic rings. The van der Waals surface area contributed by atoms with Crippen LogP contribution in [0.4, 0.5) is 0 Å². The number of hydrogen-bond acceptors (Lipinski definition) is 2. The van der Waals surface area contributed by atoms with Crippen LogP contribution in [0.1, 0.15) is 34.5 Å². The molecule has 1 atom stereocenters. The van der Waals surface area contributed by atoms with Gasteiger partial charge in [-0.3, -0.25) is 9.59 Å². The predicted octanol–water partition coefficient (Wildman–Crippen LogP) is 3.04. The Balaban J connectivity index is 1.87. The van der Waals surface area contributed by atoms with E-state index in [0.29, 0.717) is 19.6 Å². The maximum atomic E-state index is 12.9. The quantitative estimate of drug-likeness (QED) is 0.853. The molecule has 124 valence electrons. The molecule has 0 bridgehead atoms. The minimum atomic E-state index is -0.0922. The van der Waals surface area contributed by atoms with Crippen LogP contribution in [0.5, 0.6) is 0 Å². The van der Waals surface area contributed by atoms with Gasteiger partial charge >= 0.3 is 0 Å². The van der Waals surface area contributed by atoms with Crippen molar-refractivity contribution in [1.29, 1.82) is 0 Å². The summed E-state index contributed by atoms with van der Waals surface area (Å²) >= 11 is 0. The molecule has 0 spiro atoms. The Morgan fingerprint density at radius 3 is 2.29 bits per heavy atom. The van der Waals surface area contributed by atoms with Gasteiger partial charge in [-0.25, -0.2) is 0 Å². The molecule has 0 N–H and O–H groups in total. The highest BCUT2D eigenvalue weighted by Gasteiger charge is 2.32. The van der Waals surface area contributed by atoms with E-state index in [1.54, 1.807) is 6.92 Å². The fraction of sp³-hybridized carbons (Fsp3) is 0.300. The molecule has 24 heavy (non-hydrogen) atoms. The summed E-state index contributed by atoms with van der Waals surface area (Å²) in [6, 6.07) is 17.5. The van der Waals surface area contributed by atoms with Crippen molar-refractivity contribution in [3.05, 3.63) is 71.3 Å². The van der Waals surface area contributed by atoms with Gasteiger partial charge in [-0.2, -0.15) is 0 Å². The molecule has 0 radical (unpaired) electrons. The molecule has 3 rings (SSSR count). The summed E-state index contributed by atoms with van der Waals surface area (Å²) in [5, 5.41) is 0. The molecule has 4 nitrogen and oxygen atoms in total. The van der Waals surface area contributed by atoms with Crippen molar-refractivity contribution in [2.24, 2.45) is 0 Å². The van der Waals surface area contributed by atoms with Crippen molar-refractivity contribution in [2.45, 2.75) is 19.9 Å². The van der Waals surface area contributed by atoms with Gasteiger partial charge in [0.2, 0.25) is 5.91 Å². The van der Waals surface area contributed by atoms with E-state index in [9.17, 15) is 9.59 Å². The smallest absolute Gasteiger partial charge is 0.254 e. The van der Waals surface area contributed by atoms with Crippen LogP contribution >= 0.6 is 0 Å². The number of benzene rings is 2. The summed E-state index contributed by atoms with van der Waals surface area (Å²) in [7, 11) is 0. The number of rotatable bonds is 2. The van der Waals surface area contributed by atoms with Crippen molar-refractivity contribution in [3.8, 4) is 0 Å². The standard InChI is InChI=1S/C20H22N2O2/c1-15-8-6-7-11-18(15)20(24)21-12-13-22(16(2)23)19(14-21)17-9-4-3-5-10-17/h3-11,19H,12-14H2,1-2H3/t19-/m1/s1. The van der Waals surface area contributed by atoms with Gasteiger partial charge in [0.1, 0.15) is 0 Å². The summed E-state index contributed by atoms with van der Waals surface area (Å²) in [5.74, 6) is 0.0871. The zero-order valence-corrected chi connectivity index (χ0v) is 14.1. The van der Waals surface area contributed by atoms with Crippen molar-refractivity contribution >= 4 is 11.8 Å². The second-order valence-corrected chi connectivity index (χ2v) is 6.20. The molecule has 2 amide bonds. The highest BCUT2D eigenvalue weighted by atomic mass is 16.2. The summed E-state index contributed by atoms with van der Waals surface area (Å²) in [6.07, 6.45) is 0. The van der Waals surface area contributed by atoms with Crippen molar-refractivity contribution in [1.82, 2.24) is 9.80 Å². The van der Waals surface area contributed by atoms with Crippen molar-refractivity contribution in [3.63, 3.8) is 0 Å². The van der Waals surface area contributed by atoms with Gasteiger partial charge in [0, 0.05) is 32.1 Å². The average Bonchev–Trinajstić information content (AvgIpc) is 2.61. The van der Waals surface area contributed by atoms with Crippen LogP contribution < -0.4 is 0 Å². The number of piperazine rings is 1. The number of aryl methyl sites for hydroxylation is 1. The molecule has 2 aromatic carbocycles. The third-order valence-electron chi connectivity index (χ3n) is 4.63. The van der Waals surface area contributed by atoms with E-state index in [2.05, 4.69) is 0 Å². The maximum Gasteiger partial charge on any atom is 0.254 e. The monoisotopic (exact) mass is 322 g/mol. The largest absolute Gasteiger partial charge is 0.334 e. The summed E-state index contributed by atoms with van der Waals surface area (Å²) in [5.41, 5.74) is 2.78. The Labute approximate surface area is 142 Å². The van der Waals surface area contributed by atoms with Crippen LogP contribution in [0, 0.1) is 6.92 Å². The zero-order valence-electron chi connectivity index (χ0n) is 14.1. The molecule has 0 saturated carbocycles. The number of amides is 2. The molecule has 0 aromatic heterocycles. The van der Waals surface area contributed by atoms with Crippen molar-refractivity contribution < 1.29 is 9.59 Å².